The summed E-state index contributed by atoms with van der Waals surface area (Å²) in [6, 6.07) is 17.5. The minimum absolute atomic E-state index is 0.282. The molecule has 0 bridgehead atoms. The Labute approximate surface area is 122 Å². The van der Waals surface area contributed by atoms with E-state index in [2.05, 4.69) is 19.1 Å². The summed E-state index contributed by atoms with van der Waals surface area (Å²) in [5, 5.41) is 10.4. The van der Waals surface area contributed by atoms with Crippen LogP contribution in [0.3, 0.4) is 0 Å². The molecule has 1 aromatic heterocycles. The van der Waals surface area contributed by atoms with Crippen molar-refractivity contribution < 1.29 is 5.11 Å². The number of rotatable bonds is 3. The van der Waals surface area contributed by atoms with Gasteiger partial charge in [-0.2, -0.15) is 0 Å². The van der Waals surface area contributed by atoms with Crippen molar-refractivity contribution in [1.29, 1.82) is 0 Å². The quantitative estimate of drug-likeness (QED) is 0.752. The number of hydrogen-bond acceptors (Lipinski definition) is 3. The zero-order valence-corrected chi connectivity index (χ0v) is 12.0. The van der Waals surface area contributed by atoms with E-state index >= 15 is 0 Å². The predicted molar refractivity (Wildman–Crippen MR) is 84.0 cm³/mol. The van der Waals surface area contributed by atoms with E-state index in [1.54, 1.807) is 23.5 Å². The van der Waals surface area contributed by atoms with E-state index in [1.165, 1.54) is 4.88 Å². The van der Waals surface area contributed by atoms with Crippen molar-refractivity contribution >= 4 is 11.3 Å². The third kappa shape index (κ3) is 2.45. The van der Waals surface area contributed by atoms with E-state index in [0.717, 1.165) is 28.2 Å². The molecule has 0 atom stereocenters. The SMILES string of the molecule is CCc1sc(-c2ccc(O)cc2)nc1-c1ccccc1. The molecular formula is C17H15NOS. The molecule has 0 spiro atoms. The third-order valence-corrected chi connectivity index (χ3v) is 4.43. The molecule has 3 rings (SSSR count). The predicted octanol–water partition coefficient (Wildman–Crippen LogP) is 4.75. The molecule has 0 unspecified atom stereocenters. The third-order valence-electron chi connectivity index (χ3n) is 3.18. The first kappa shape index (κ1) is 12.9. The normalized spacial score (nSPS) is 10.7. The molecule has 0 saturated carbocycles. The maximum absolute atomic E-state index is 9.37. The fourth-order valence-electron chi connectivity index (χ4n) is 2.14. The van der Waals surface area contributed by atoms with Gasteiger partial charge in [-0.05, 0) is 30.7 Å². The summed E-state index contributed by atoms with van der Waals surface area (Å²) in [7, 11) is 0. The number of phenols is 1. The minimum atomic E-state index is 0.282. The van der Waals surface area contributed by atoms with E-state index in [1.807, 2.05) is 30.3 Å². The Kier molecular flexibility index (Phi) is 3.52. The van der Waals surface area contributed by atoms with Gasteiger partial charge in [0.25, 0.3) is 0 Å². The number of aromatic nitrogens is 1. The van der Waals surface area contributed by atoms with Crippen LogP contribution in [0.4, 0.5) is 0 Å². The Hall–Kier alpha value is -2.13. The summed E-state index contributed by atoms with van der Waals surface area (Å²) in [6.45, 7) is 2.15. The minimum Gasteiger partial charge on any atom is -0.508 e. The van der Waals surface area contributed by atoms with Gasteiger partial charge in [0, 0.05) is 16.0 Å². The van der Waals surface area contributed by atoms with E-state index in [-0.39, 0.29) is 5.75 Å². The van der Waals surface area contributed by atoms with Crippen molar-refractivity contribution in [2.24, 2.45) is 0 Å². The average Bonchev–Trinajstić information content (AvgIpc) is 2.93. The first-order chi connectivity index (χ1) is 9.78. The Morgan fingerprint density at radius 1 is 0.950 bits per heavy atom. The summed E-state index contributed by atoms with van der Waals surface area (Å²) in [6.07, 6.45) is 0.972. The summed E-state index contributed by atoms with van der Waals surface area (Å²) in [5.41, 5.74) is 3.27. The first-order valence-corrected chi connectivity index (χ1v) is 7.44. The van der Waals surface area contributed by atoms with Gasteiger partial charge < -0.3 is 5.11 Å². The number of aryl methyl sites for hydroxylation is 1. The van der Waals surface area contributed by atoms with Crippen molar-refractivity contribution in [2.45, 2.75) is 13.3 Å². The molecule has 0 aliphatic heterocycles. The van der Waals surface area contributed by atoms with Crippen LogP contribution in [0.15, 0.2) is 54.6 Å². The molecule has 2 aromatic carbocycles. The summed E-state index contributed by atoms with van der Waals surface area (Å²) >= 11 is 1.72. The van der Waals surface area contributed by atoms with Crippen LogP contribution in [0.1, 0.15) is 11.8 Å². The molecule has 2 nitrogen and oxygen atoms in total. The number of benzene rings is 2. The van der Waals surface area contributed by atoms with E-state index in [0.29, 0.717) is 0 Å². The summed E-state index contributed by atoms with van der Waals surface area (Å²) in [4.78, 5) is 6.08. The van der Waals surface area contributed by atoms with Gasteiger partial charge in [-0.3, -0.25) is 0 Å². The maximum atomic E-state index is 9.37. The molecule has 1 N–H and O–H groups in total. The molecule has 0 fully saturated rings. The molecule has 0 radical (unpaired) electrons. The standard InChI is InChI=1S/C17H15NOS/c1-2-15-16(12-6-4-3-5-7-12)18-17(20-15)13-8-10-14(19)11-9-13/h3-11,19H,2H2,1H3. The van der Waals surface area contributed by atoms with Crippen LogP contribution in [-0.2, 0) is 6.42 Å². The molecule has 3 heteroatoms. The maximum Gasteiger partial charge on any atom is 0.124 e. The highest BCUT2D eigenvalue weighted by Crippen LogP contribution is 2.34. The number of nitrogens with zero attached hydrogens (tertiary/aromatic N) is 1. The number of hydrogen-bond donors (Lipinski definition) is 1. The fourth-order valence-corrected chi connectivity index (χ4v) is 3.17. The molecule has 1 heterocycles. The van der Waals surface area contributed by atoms with Gasteiger partial charge in [-0.25, -0.2) is 4.98 Å². The van der Waals surface area contributed by atoms with Gasteiger partial charge in [-0.1, -0.05) is 37.3 Å². The topological polar surface area (TPSA) is 33.1 Å². The van der Waals surface area contributed by atoms with Gasteiger partial charge in [0.15, 0.2) is 0 Å². The Bertz CT molecular complexity index is 702. The molecular weight excluding hydrogens is 266 g/mol. The van der Waals surface area contributed by atoms with Gasteiger partial charge >= 0.3 is 0 Å². The van der Waals surface area contributed by atoms with Crippen molar-refractivity contribution in [2.75, 3.05) is 0 Å². The highest BCUT2D eigenvalue weighted by atomic mass is 32.1. The van der Waals surface area contributed by atoms with Gasteiger partial charge in [0.2, 0.25) is 0 Å². The number of thiazole rings is 1. The van der Waals surface area contributed by atoms with Crippen molar-refractivity contribution in [3.63, 3.8) is 0 Å². The number of phenolic OH excluding ortho intramolecular Hbond substituents is 1. The van der Waals surface area contributed by atoms with Crippen LogP contribution in [0, 0.1) is 0 Å². The average molecular weight is 281 g/mol. The van der Waals surface area contributed by atoms with E-state index < -0.39 is 0 Å². The van der Waals surface area contributed by atoms with Crippen LogP contribution >= 0.6 is 11.3 Å². The van der Waals surface area contributed by atoms with Gasteiger partial charge in [0.1, 0.15) is 10.8 Å². The van der Waals surface area contributed by atoms with Crippen LogP contribution in [-0.4, -0.2) is 10.1 Å². The molecule has 20 heavy (non-hydrogen) atoms. The Morgan fingerprint density at radius 3 is 2.30 bits per heavy atom. The summed E-state index contributed by atoms with van der Waals surface area (Å²) in [5.74, 6) is 0.282. The lowest BCUT2D eigenvalue weighted by molar-refractivity contribution is 0.475. The lowest BCUT2D eigenvalue weighted by Gasteiger charge is -1.98. The summed E-state index contributed by atoms with van der Waals surface area (Å²) < 4.78 is 0. The zero-order chi connectivity index (χ0) is 13.9. The van der Waals surface area contributed by atoms with Crippen LogP contribution < -0.4 is 0 Å². The van der Waals surface area contributed by atoms with Crippen molar-refractivity contribution in [1.82, 2.24) is 4.98 Å². The van der Waals surface area contributed by atoms with Crippen LogP contribution in [0.5, 0.6) is 5.75 Å². The molecule has 0 amide bonds. The molecule has 0 aliphatic carbocycles. The second-order valence-electron chi connectivity index (χ2n) is 4.56. The fraction of sp³-hybridized carbons (Fsp3) is 0.118. The molecule has 100 valence electrons. The van der Waals surface area contributed by atoms with E-state index in [9.17, 15) is 5.11 Å². The monoisotopic (exact) mass is 281 g/mol. The second-order valence-corrected chi connectivity index (χ2v) is 5.64. The molecule has 0 aliphatic rings. The first-order valence-electron chi connectivity index (χ1n) is 6.62. The smallest absolute Gasteiger partial charge is 0.124 e. The Balaban J connectivity index is 2.07. The van der Waals surface area contributed by atoms with Crippen LogP contribution in [0.25, 0.3) is 21.8 Å². The van der Waals surface area contributed by atoms with Crippen molar-refractivity contribution in [3.05, 3.63) is 59.5 Å². The highest BCUT2D eigenvalue weighted by molar-refractivity contribution is 7.15. The van der Waals surface area contributed by atoms with Gasteiger partial charge in [0.05, 0.1) is 5.69 Å². The van der Waals surface area contributed by atoms with Crippen LogP contribution in [0.2, 0.25) is 0 Å². The van der Waals surface area contributed by atoms with Crippen molar-refractivity contribution in [3.8, 4) is 27.6 Å². The van der Waals surface area contributed by atoms with Gasteiger partial charge in [-0.15, -0.1) is 11.3 Å². The largest absolute Gasteiger partial charge is 0.508 e. The second kappa shape index (κ2) is 5.47. The Morgan fingerprint density at radius 2 is 1.65 bits per heavy atom. The number of aromatic hydroxyl groups is 1. The lowest BCUT2D eigenvalue weighted by atomic mass is 10.1. The molecule has 0 saturated heterocycles. The highest BCUT2D eigenvalue weighted by Gasteiger charge is 2.12. The van der Waals surface area contributed by atoms with E-state index in [4.69, 9.17) is 4.98 Å². The lowest BCUT2D eigenvalue weighted by Crippen LogP contribution is -1.83. The zero-order valence-electron chi connectivity index (χ0n) is 11.2. The molecule has 3 aromatic rings.